The molecule has 6 nitrogen and oxygen atoms in total. The maximum atomic E-state index is 12.6. The normalized spacial score (nSPS) is 18.7. The summed E-state index contributed by atoms with van der Waals surface area (Å²) in [4.78, 5) is 19.9. The van der Waals surface area contributed by atoms with Crippen LogP contribution in [0.4, 0.5) is 5.69 Å². The van der Waals surface area contributed by atoms with Crippen molar-refractivity contribution in [2.24, 2.45) is 0 Å². The van der Waals surface area contributed by atoms with Crippen LogP contribution in [0.15, 0.2) is 12.1 Å². The molecule has 3 rings (SSSR count). The summed E-state index contributed by atoms with van der Waals surface area (Å²) in [5, 5.41) is 9.72. The second kappa shape index (κ2) is 5.31. The zero-order valence-electron chi connectivity index (χ0n) is 11.5. The highest BCUT2D eigenvalue weighted by molar-refractivity contribution is 7.21. The van der Waals surface area contributed by atoms with Crippen molar-refractivity contribution in [3.63, 3.8) is 0 Å². The van der Waals surface area contributed by atoms with Gasteiger partial charge in [0.05, 0.1) is 24.9 Å². The Kier molecular flexibility index (Phi) is 3.49. The van der Waals surface area contributed by atoms with Gasteiger partial charge in [0.25, 0.3) is 5.91 Å². The summed E-state index contributed by atoms with van der Waals surface area (Å²) in [6.45, 7) is 3.01. The van der Waals surface area contributed by atoms with E-state index in [4.69, 9.17) is 15.7 Å². The molecule has 0 spiro atoms. The van der Waals surface area contributed by atoms with Gasteiger partial charge in [-0.05, 0) is 19.1 Å². The van der Waals surface area contributed by atoms with E-state index < -0.39 is 6.10 Å². The Balaban J connectivity index is 1.94. The average molecular weight is 302 g/mol. The van der Waals surface area contributed by atoms with Crippen molar-refractivity contribution in [3.05, 3.63) is 22.7 Å². The SMILES string of the molecule is Cc1ccc2c(N)c(C(=O)N3CCOC(C#N)C3)sc2n1. The molecule has 1 aliphatic rings. The topological polar surface area (TPSA) is 92.2 Å². The van der Waals surface area contributed by atoms with Gasteiger partial charge in [0.15, 0.2) is 6.10 Å². The predicted octanol–water partition coefficient (Wildman–Crippen LogP) is 1.55. The first-order chi connectivity index (χ1) is 10.1. The lowest BCUT2D eigenvalue weighted by molar-refractivity contribution is 0.00374. The lowest BCUT2D eigenvalue weighted by Crippen LogP contribution is -2.45. The first kappa shape index (κ1) is 13.8. The van der Waals surface area contributed by atoms with Gasteiger partial charge in [-0.1, -0.05) is 0 Å². The van der Waals surface area contributed by atoms with Crippen LogP contribution in [0.1, 0.15) is 15.4 Å². The summed E-state index contributed by atoms with van der Waals surface area (Å²) in [6, 6.07) is 5.79. The third-order valence-corrected chi connectivity index (χ3v) is 4.53. The van der Waals surface area contributed by atoms with Gasteiger partial charge < -0.3 is 15.4 Å². The Morgan fingerprint density at radius 3 is 3.19 bits per heavy atom. The molecule has 0 radical (unpaired) electrons. The van der Waals surface area contributed by atoms with E-state index >= 15 is 0 Å². The summed E-state index contributed by atoms with van der Waals surface area (Å²) in [5.74, 6) is -0.156. The molecule has 108 valence electrons. The summed E-state index contributed by atoms with van der Waals surface area (Å²) >= 11 is 1.30. The Bertz CT molecular complexity index is 749. The lowest BCUT2D eigenvalue weighted by atomic mass is 10.2. The molecule has 21 heavy (non-hydrogen) atoms. The molecule has 2 N–H and O–H groups in total. The van der Waals surface area contributed by atoms with Crippen LogP contribution in [0.2, 0.25) is 0 Å². The molecule has 0 aliphatic carbocycles. The van der Waals surface area contributed by atoms with E-state index in [1.54, 1.807) is 4.90 Å². The Morgan fingerprint density at radius 1 is 1.62 bits per heavy atom. The molecule has 1 atom stereocenters. The number of ether oxygens (including phenoxy) is 1. The van der Waals surface area contributed by atoms with Crippen LogP contribution < -0.4 is 5.73 Å². The second-order valence-corrected chi connectivity index (χ2v) is 5.89. The highest BCUT2D eigenvalue weighted by Crippen LogP contribution is 2.33. The molecule has 7 heteroatoms. The predicted molar refractivity (Wildman–Crippen MR) is 80.0 cm³/mol. The third-order valence-electron chi connectivity index (χ3n) is 3.42. The maximum absolute atomic E-state index is 12.6. The summed E-state index contributed by atoms with van der Waals surface area (Å²) in [5.41, 5.74) is 7.44. The number of fused-ring (bicyclic) bond motifs is 1. The van der Waals surface area contributed by atoms with E-state index in [9.17, 15) is 4.79 Å². The van der Waals surface area contributed by atoms with Crippen molar-refractivity contribution in [1.82, 2.24) is 9.88 Å². The number of carbonyl (C=O) groups excluding carboxylic acids is 1. The summed E-state index contributed by atoms with van der Waals surface area (Å²) in [6.07, 6.45) is -0.571. The number of anilines is 1. The van der Waals surface area contributed by atoms with Crippen LogP contribution in [-0.4, -0.2) is 41.6 Å². The number of carbonyl (C=O) groups is 1. The van der Waals surface area contributed by atoms with Gasteiger partial charge in [-0.3, -0.25) is 4.79 Å². The number of nitriles is 1. The minimum Gasteiger partial charge on any atom is -0.397 e. The van der Waals surface area contributed by atoms with Crippen LogP contribution in [0, 0.1) is 18.3 Å². The molecular formula is C14H14N4O2S. The Labute approximate surface area is 125 Å². The van der Waals surface area contributed by atoms with Gasteiger partial charge in [0, 0.05) is 17.6 Å². The molecule has 2 aromatic rings. The van der Waals surface area contributed by atoms with E-state index in [-0.39, 0.29) is 12.5 Å². The fourth-order valence-corrected chi connectivity index (χ4v) is 3.41. The molecule has 2 aromatic heterocycles. The molecule has 1 fully saturated rings. The van der Waals surface area contributed by atoms with Crippen LogP contribution in [0.5, 0.6) is 0 Å². The number of amides is 1. The van der Waals surface area contributed by atoms with E-state index in [0.717, 1.165) is 15.9 Å². The molecule has 0 aromatic carbocycles. The highest BCUT2D eigenvalue weighted by Gasteiger charge is 2.28. The number of aromatic nitrogens is 1. The van der Waals surface area contributed by atoms with Crippen molar-refractivity contribution >= 4 is 33.1 Å². The molecule has 0 saturated carbocycles. The van der Waals surface area contributed by atoms with Crippen molar-refractivity contribution in [2.45, 2.75) is 13.0 Å². The number of nitrogens with two attached hydrogens (primary N) is 1. The zero-order valence-corrected chi connectivity index (χ0v) is 12.3. The van der Waals surface area contributed by atoms with Gasteiger partial charge in [0.2, 0.25) is 0 Å². The fraction of sp³-hybridized carbons (Fsp3) is 0.357. The standard InChI is InChI=1S/C14H14N4O2S/c1-8-2-3-10-11(16)12(21-13(10)17-8)14(19)18-4-5-20-9(6-15)7-18/h2-3,9H,4-5,7,16H2,1H3. The fourth-order valence-electron chi connectivity index (χ4n) is 2.30. The number of rotatable bonds is 1. The first-order valence-corrected chi connectivity index (χ1v) is 7.38. The lowest BCUT2D eigenvalue weighted by Gasteiger charge is -2.29. The van der Waals surface area contributed by atoms with Crippen LogP contribution in [0.25, 0.3) is 10.2 Å². The van der Waals surface area contributed by atoms with Crippen molar-refractivity contribution < 1.29 is 9.53 Å². The number of morpholine rings is 1. The molecule has 1 unspecified atom stereocenters. The zero-order chi connectivity index (χ0) is 15.0. The summed E-state index contributed by atoms with van der Waals surface area (Å²) < 4.78 is 5.25. The van der Waals surface area contributed by atoms with Gasteiger partial charge in [-0.15, -0.1) is 11.3 Å². The van der Waals surface area contributed by atoms with Crippen molar-refractivity contribution in [3.8, 4) is 6.07 Å². The molecular weight excluding hydrogens is 288 g/mol. The quantitative estimate of drug-likeness (QED) is 0.863. The van der Waals surface area contributed by atoms with Crippen molar-refractivity contribution in [1.29, 1.82) is 5.26 Å². The van der Waals surface area contributed by atoms with Crippen LogP contribution >= 0.6 is 11.3 Å². The first-order valence-electron chi connectivity index (χ1n) is 6.56. The van der Waals surface area contributed by atoms with E-state index in [1.165, 1.54) is 11.3 Å². The maximum Gasteiger partial charge on any atom is 0.266 e. The Morgan fingerprint density at radius 2 is 2.43 bits per heavy atom. The minimum atomic E-state index is -0.571. The number of hydrogen-bond acceptors (Lipinski definition) is 6. The molecule has 0 bridgehead atoms. The van der Waals surface area contributed by atoms with Gasteiger partial charge in [-0.25, -0.2) is 4.98 Å². The average Bonchev–Trinajstić information content (AvgIpc) is 2.83. The molecule has 1 saturated heterocycles. The second-order valence-electron chi connectivity index (χ2n) is 4.89. The van der Waals surface area contributed by atoms with Gasteiger partial charge in [0.1, 0.15) is 9.71 Å². The molecule has 3 heterocycles. The Hall–Kier alpha value is -2.17. The number of aryl methyl sites for hydroxylation is 1. The van der Waals surface area contributed by atoms with E-state index in [0.29, 0.717) is 23.7 Å². The minimum absolute atomic E-state index is 0.156. The largest absolute Gasteiger partial charge is 0.397 e. The highest BCUT2D eigenvalue weighted by atomic mass is 32.1. The smallest absolute Gasteiger partial charge is 0.266 e. The van der Waals surface area contributed by atoms with Crippen LogP contribution in [-0.2, 0) is 4.74 Å². The van der Waals surface area contributed by atoms with Crippen LogP contribution in [0.3, 0.4) is 0 Å². The van der Waals surface area contributed by atoms with Gasteiger partial charge in [-0.2, -0.15) is 5.26 Å². The number of pyridine rings is 1. The molecule has 1 amide bonds. The summed E-state index contributed by atoms with van der Waals surface area (Å²) in [7, 11) is 0. The van der Waals surface area contributed by atoms with Gasteiger partial charge >= 0.3 is 0 Å². The third kappa shape index (κ3) is 2.44. The number of thiophene rings is 1. The van der Waals surface area contributed by atoms with E-state index in [1.807, 2.05) is 25.1 Å². The number of nitrogen functional groups attached to an aromatic ring is 1. The number of hydrogen-bond donors (Lipinski definition) is 1. The van der Waals surface area contributed by atoms with E-state index in [2.05, 4.69) is 4.98 Å². The number of nitrogens with zero attached hydrogens (tertiary/aromatic N) is 3. The monoisotopic (exact) mass is 302 g/mol. The van der Waals surface area contributed by atoms with Crippen molar-refractivity contribution in [2.75, 3.05) is 25.4 Å². The molecule has 1 aliphatic heterocycles.